The first-order valence-corrected chi connectivity index (χ1v) is 9.23. The molecule has 0 bridgehead atoms. The molecule has 7 nitrogen and oxygen atoms in total. The first-order valence-electron chi connectivity index (χ1n) is 9.23. The summed E-state index contributed by atoms with van der Waals surface area (Å²) < 4.78 is 5.65. The summed E-state index contributed by atoms with van der Waals surface area (Å²) in [7, 11) is 0. The summed E-state index contributed by atoms with van der Waals surface area (Å²) in [6, 6.07) is 5.71. The lowest BCUT2D eigenvalue weighted by Crippen LogP contribution is -2.42. The molecule has 0 amide bonds. The number of aromatic nitrogens is 1. The molecular formula is C20H26N2O5. The molecule has 1 fully saturated rings. The number of H-pyrrole nitrogens is 1. The Bertz CT molecular complexity index is 965. The molecule has 1 unspecified atom stereocenters. The van der Waals surface area contributed by atoms with E-state index in [0.29, 0.717) is 11.1 Å². The number of pyridine rings is 1. The van der Waals surface area contributed by atoms with Crippen molar-refractivity contribution >= 4 is 10.9 Å². The quantitative estimate of drug-likeness (QED) is 0.640. The number of hydrogen-bond donors (Lipinski definition) is 4. The molecule has 3 atom stereocenters. The molecule has 1 aromatic carbocycles. The molecule has 3 heterocycles. The SMILES string of the molecule is CC1(C)c2cc3cc([C@@H]4CC(O)[C@H](CO)O4)c(=O)[nH]c3cc2C(C)(C)N1O. The molecule has 2 aliphatic heterocycles. The number of aromatic amines is 1. The predicted molar refractivity (Wildman–Crippen MR) is 99.6 cm³/mol. The molecule has 7 heteroatoms. The third kappa shape index (κ3) is 2.57. The fourth-order valence-corrected chi connectivity index (χ4v) is 4.54. The van der Waals surface area contributed by atoms with E-state index in [2.05, 4.69) is 4.98 Å². The lowest BCUT2D eigenvalue weighted by molar-refractivity contribution is -0.216. The first kappa shape index (κ1) is 18.6. The second-order valence-corrected chi connectivity index (χ2v) is 8.62. The van der Waals surface area contributed by atoms with E-state index < -0.39 is 29.4 Å². The van der Waals surface area contributed by atoms with Crippen LogP contribution in [-0.4, -0.2) is 44.3 Å². The van der Waals surface area contributed by atoms with E-state index in [1.54, 1.807) is 6.07 Å². The average molecular weight is 374 g/mol. The number of fused-ring (bicyclic) bond motifs is 2. The minimum absolute atomic E-state index is 0.269. The van der Waals surface area contributed by atoms with Crippen LogP contribution in [0.25, 0.3) is 10.9 Å². The van der Waals surface area contributed by atoms with Crippen LogP contribution in [0.15, 0.2) is 23.0 Å². The van der Waals surface area contributed by atoms with Gasteiger partial charge in [-0.3, -0.25) is 4.79 Å². The van der Waals surface area contributed by atoms with Gasteiger partial charge in [0.05, 0.1) is 29.9 Å². The molecule has 0 radical (unpaired) electrons. The number of rotatable bonds is 2. The zero-order valence-corrected chi connectivity index (χ0v) is 16.0. The Morgan fingerprint density at radius 1 is 1.19 bits per heavy atom. The van der Waals surface area contributed by atoms with Gasteiger partial charge in [-0.05, 0) is 62.4 Å². The maximum atomic E-state index is 12.6. The van der Waals surface area contributed by atoms with Gasteiger partial charge in [0.15, 0.2) is 0 Å². The van der Waals surface area contributed by atoms with Crippen molar-refractivity contribution in [3.63, 3.8) is 0 Å². The minimum Gasteiger partial charge on any atom is -0.394 e. The Labute approximate surface area is 157 Å². The van der Waals surface area contributed by atoms with Crippen molar-refractivity contribution in [3.8, 4) is 0 Å². The Morgan fingerprint density at radius 3 is 2.41 bits per heavy atom. The first-order chi connectivity index (χ1) is 12.6. The largest absolute Gasteiger partial charge is 0.394 e. The number of aliphatic hydroxyl groups excluding tert-OH is 2. The summed E-state index contributed by atoms with van der Waals surface area (Å²) in [4.78, 5) is 15.5. The van der Waals surface area contributed by atoms with E-state index in [4.69, 9.17) is 4.74 Å². The van der Waals surface area contributed by atoms with Gasteiger partial charge in [0.1, 0.15) is 6.10 Å². The number of hydrogen-bond acceptors (Lipinski definition) is 6. The van der Waals surface area contributed by atoms with Crippen LogP contribution in [0.1, 0.15) is 56.9 Å². The van der Waals surface area contributed by atoms with Gasteiger partial charge in [0.2, 0.25) is 0 Å². The standard InChI is InChI=1S/C20H26N2O5/c1-19(2)12-6-10-5-11(16-8-15(24)17(9-23)27-16)18(25)21-14(10)7-13(12)20(3,4)22(19)26/h5-7,15-17,23-24,26H,8-9H2,1-4H3,(H,21,25)/t15?,16-,17-/m0/s1. The van der Waals surface area contributed by atoms with Gasteiger partial charge in [-0.25, -0.2) is 0 Å². The molecule has 4 rings (SSSR count). The van der Waals surface area contributed by atoms with E-state index in [0.717, 1.165) is 16.5 Å². The fourth-order valence-electron chi connectivity index (χ4n) is 4.54. The number of nitrogens with zero attached hydrogens (tertiary/aromatic N) is 1. The zero-order chi connectivity index (χ0) is 19.7. The Balaban J connectivity index is 1.85. The van der Waals surface area contributed by atoms with E-state index in [9.17, 15) is 20.2 Å². The van der Waals surface area contributed by atoms with E-state index in [-0.39, 0.29) is 18.6 Å². The number of ether oxygens (including phenoxy) is 1. The predicted octanol–water partition coefficient (Wildman–Crippen LogP) is 1.89. The zero-order valence-electron chi connectivity index (χ0n) is 16.0. The summed E-state index contributed by atoms with van der Waals surface area (Å²) in [6.07, 6.45) is -1.75. The summed E-state index contributed by atoms with van der Waals surface area (Å²) in [5.41, 5.74) is 1.70. The molecule has 0 saturated carbocycles. The minimum atomic E-state index is -0.794. The van der Waals surface area contributed by atoms with Crippen LogP contribution in [0.2, 0.25) is 0 Å². The van der Waals surface area contributed by atoms with E-state index in [1.165, 1.54) is 5.06 Å². The highest BCUT2D eigenvalue weighted by molar-refractivity contribution is 5.82. The highest BCUT2D eigenvalue weighted by atomic mass is 16.5. The topological polar surface area (TPSA) is 106 Å². The van der Waals surface area contributed by atoms with Crippen LogP contribution >= 0.6 is 0 Å². The molecule has 2 aliphatic rings. The Morgan fingerprint density at radius 2 is 1.81 bits per heavy atom. The summed E-state index contributed by atoms with van der Waals surface area (Å²) >= 11 is 0. The van der Waals surface area contributed by atoms with Crippen molar-refractivity contribution in [2.45, 2.75) is 63.5 Å². The van der Waals surface area contributed by atoms with Crippen LogP contribution in [-0.2, 0) is 15.8 Å². The van der Waals surface area contributed by atoms with Crippen LogP contribution in [0.3, 0.4) is 0 Å². The monoisotopic (exact) mass is 374 g/mol. The van der Waals surface area contributed by atoms with Gasteiger partial charge in [-0.2, -0.15) is 5.06 Å². The van der Waals surface area contributed by atoms with Crippen molar-refractivity contribution in [2.75, 3.05) is 6.61 Å². The third-order valence-corrected chi connectivity index (χ3v) is 6.14. The van der Waals surface area contributed by atoms with Gasteiger partial charge in [-0.1, -0.05) is 0 Å². The van der Waals surface area contributed by atoms with Crippen molar-refractivity contribution < 1.29 is 20.2 Å². The molecule has 2 aromatic rings. The molecular weight excluding hydrogens is 348 g/mol. The number of hydroxylamine groups is 2. The molecule has 0 spiro atoms. The Kier molecular flexibility index (Phi) is 4.04. The highest BCUT2D eigenvalue weighted by Gasteiger charge is 2.49. The molecule has 146 valence electrons. The number of nitrogens with one attached hydrogen (secondary N) is 1. The van der Waals surface area contributed by atoms with E-state index >= 15 is 0 Å². The summed E-state index contributed by atoms with van der Waals surface area (Å²) in [5, 5.41) is 32.1. The maximum Gasteiger partial charge on any atom is 0.254 e. The van der Waals surface area contributed by atoms with Crippen molar-refractivity contribution in [2.24, 2.45) is 0 Å². The normalized spacial score (nSPS) is 29.4. The third-order valence-electron chi connectivity index (χ3n) is 6.14. The molecule has 27 heavy (non-hydrogen) atoms. The fraction of sp³-hybridized carbons (Fsp3) is 0.550. The van der Waals surface area contributed by atoms with Gasteiger partial charge in [-0.15, -0.1) is 0 Å². The Hall–Kier alpha value is -1.77. The van der Waals surface area contributed by atoms with Crippen LogP contribution < -0.4 is 5.56 Å². The smallest absolute Gasteiger partial charge is 0.254 e. The second-order valence-electron chi connectivity index (χ2n) is 8.62. The molecule has 0 aliphatic carbocycles. The van der Waals surface area contributed by atoms with Gasteiger partial charge >= 0.3 is 0 Å². The molecule has 4 N–H and O–H groups in total. The maximum absolute atomic E-state index is 12.6. The average Bonchev–Trinajstić information content (AvgIpc) is 3.04. The molecule has 1 aromatic heterocycles. The lowest BCUT2D eigenvalue weighted by Gasteiger charge is -2.34. The second kappa shape index (κ2) is 5.86. The van der Waals surface area contributed by atoms with Crippen molar-refractivity contribution in [3.05, 3.63) is 45.2 Å². The van der Waals surface area contributed by atoms with Crippen LogP contribution in [0.4, 0.5) is 0 Å². The summed E-state index contributed by atoms with van der Waals surface area (Å²) in [6.45, 7) is 7.53. The van der Waals surface area contributed by atoms with E-state index in [1.807, 2.05) is 39.8 Å². The van der Waals surface area contributed by atoms with Crippen molar-refractivity contribution in [1.82, 2.24) is 10.0 Å². The lowest BCUT2D eigenvalue weighted by atomic mass is 9.89. The van der Waals surface area contributed by atoms with Gasteiger partial charge < -0.3 is 25.1 Å². The molecule has 1 saturated heterocycles. The van der Waals surface area contributed by atoms with Crippen LogP contribution in [0.5, 0.6) is 0 Å². The summed E-state index contributed by atoms with van der Waals surface area (Å²) in [5.74, 6) is 0. The highest BCUT2D eigenvalue weighted by Crippen LogP contribution is 2.49. The van der Waals surface area contributed by atoms with Crippen LogP contribution in [0, 0.1) is 0 Å². The van der Waals surface area contributed by atoms with Crippen molar-refractivity contribution in [1.29, 1.82) is 0 Å². The number of aliphatic hydroxyl groups is 2. The number of benzene rings is 1. The van der Waals surface area contributed by atoms with Gasteiger partial charge in [0.25, 0.3) is 5.56 Å². The van der Waals surface area contributed by atoms with Gasteiger partial charge in [0, 0.05) is 17.5 Å².